The second kappa shape index (κ2) is 7.99. The number of carbonyl (C=O) groups excluding carboxylic acids is 1. The number of rotatable bonds is 5. The molecule has 5 rings (SSSR count). The molecule has 1 aliphatic carbocycles. The monoisotopic (exact) mass is 444 g/mol. The normalized spacial score (nSPS) is 14.4. The van der Waals surface area contributed by atoms with Crippen molar-refractivity contribution < 1.29 is 9.18 Å². The van der Waals surface area contributed by atoms with Crippen molar-refractivity contribution in [3.8, 4) is 11.3 Å². The molecule has 0 spiro atoms. The molecule has 2 heterocycles. The maximum absolute atomic E-state index is 13.2. The predicted molar refractivity (Wildman–Crippen MR) is 125 cm³/mol. The summed E-state index contributed by atoms with van der Waals surface area (Å²) in [5, 5.41) is 7.49. The number of nitrogens with zero attached hydrogens (tertiary/aromatic N) is 2. The van der Waals surface area contributed by atoms with E-state index in [-0.39, 0.29) is 34.9 Å². The number of aromatic nitrogens is 3. The number of halogens is 1. The number of aromatic amines is 1. The highest BCUT2D eigenvalue weighted by molar-refractivity contribution is 5.96. The zero-order valence-corrected chi connectivity index (χ0v) is 18.8. The molecule has 1 saturated carbocycles. The van der Waals surface area contributed by atoms with Crippen molar-refractivity contribution in [3.05, 3.63) is 92.8 Å². The number of carbonyl (C=O) groups is 1. The average Bonchev–Trinajstić information content (AvgIpc) is 3.55. The first kappa shape index (κ1) is 21.1. The fourth-order valence-electron chi connectivity index (χ4n) is 4.18. The highest BCUT2D eigenvalue weighted by atomic mass is 19.1. The summed E-state index contributed by atoms with van der Waals surface area (Å²) in [7, 11) is 0. The molecule has 4 aromatic rings. The summed E-state index contributed by atoms with van der Waals surface area (Å²) in [6, 6.07) is 11.7. The lowest BCUT2D eigenvalue weighted by molar-refractivity contribution is 0.0933. The standard InChI is InChI=1S/C26H25FN4O2/c1-14-4-5-19(12-15(14)2)21-13-31-24(26(33)29-21)22(18-6-7-18)23(30-31)25(32)28-16(3)17-8-10-20(27)11-9-17/h4-5,8-13,16,18H,6-7H2,1-3H3,(H,28,32)(H,29,33)/t16-/m1/s1. The van der Waals surface area contributed by atoms with Gasteiger partial charge in [-0.05, 0) is 80.0 Å². The third kappa shape index (κ3) is 3.95. The number of H-pyrrole nitrogens is 1. The average molecular weight is 445 g/mol. The van der Waals surface area contributed by atoms with Crippen molar-refractivity contribution in [2.45, 2.75) is 45.6 Å². The zero-order valence-electron chi connectivity index (χ0n) is 18.8. The summed E-state index contributed by atoms with van der Waals surface area (Å²) < 4.78 is 14.8. The number of hydrogen-bond acceptors (Lipinski definition) is 3. The van der Waals surface area contributed by atoms with Crippen LogP contribution in [0.25, 0.3) is 16.8 Å². The summed E-state index contributed by atoms with van der Waals surface area (Å²) in [5.74, 6) is -0.519. The Bertz CT molecular complexity index is 1430. The molecule has 7 heteroatoms. The van der Waals surface area contributed by atoms with E-state index >= 15 is 0 Å². The second-order valence-corrected chi connectivity index (χ2v) is 8.87. The minimum atomic E-state index is -0.343. The van der Waals surface area contributed by atoms with Gasteiger partial charge in [-0.1, -0.05) is 24.3 Å². The van der Waals surface area contributed by atoms with Crippen LogP contribution in [0.5, 0.6) is 0 Å². The van der Waals surface area contributed by atoms with Crippen molar-refractivity contribution in [2.24, 2.45) is 0 Å². The first-order valence-corrected chi connectivity index (χ1v) is 11.1. The quantitative estimate of drug-likeness (QED) is 0.463. The Kier molecular flexibility index (Phi) is 5.12. The van der Waals surface area contributed by atoms with Gasteiger partial charge in [-0.3, -0.25) is 9.59 Å². The topological polar surface area (TPSA) is 79.3 Å². The first-order valence-electron chi connectivity index (χ1n) is 11.1. The molecule has 0 bridgehead atoms. The summed E-state index contributed by atoms with van der Waals surface area (Å²) in [6.07, 6.45) is 3.62. The van der Waals surface area contributed by atoms with E-state index in [1.807, 2.05) is 39.0 Å². The van der Waals surface area contributed by atoms with Crippen molar-refractivity contribution >= 4 is 11.4 Å². The summed E-state index contributed by atoms with van der Waals surface area (Å²) >= 11 is 0. The molecular weight excluding hydrogens is 419 g/mol. The lowest BCUT2D eigenvalue weighted by Crippen LogP contribution is -2.27. The van der Waals surface area contributed by atoms with Gasteiger partial charge in [0.1, 0.15) is 11.3 Å². The van der Waals surface area contributed by atoms with E-state index in [2.05, 4.69) is 15.4 Å². The van der Waals surface area contributed by atoms with E-state index < -0.39 is 0 Å². The fourth-order valence-corrected chi connectivity index (χ4v) is 4.18. The number of nitrogens with one attached hydrogen (secondary N) is 2. The summed E-state index contributed by atoms with van der Waals surface area (Å²) in [6.45, 7) is 5.90. The van der Waals surface area contributed by atoms with Crippen molar-refractivity contribution in [2.75, 3.05) is 0 Å². The lowest BCUT2D eigenvalue weighted by Gasteiger charge is -2.14. The Morgan fingerprint density at radius 3 is 2.55 bits per heavy atom. The zero-order chi connectivity index (χ0) is 23.3. The molecular formula is C26H25FN4O2. The van der Waals surface area contributed by atoms with E-state index in [9.17, 15) is 14.0 Å². The maximum Gasteiger partial charge on any atom is 0.274 e. The van der Waals surface area contributed by atoms with Crippen LogP contribution in [-0.4, -0.2) is 20.5 Å². The number of benzene rings is 2. The molecule has 0 radical (unpaired) electrons. The van der Waals surface area contributed by atoms with E-state index in [4.69, 9.17) is 0 Å². The summed E-state index contributed by atoms with van der Waals surface area (Å²) in [4.78, 5) is 29.3. The van der Waals surface area contributed by atoms with Crippen LogP contribution < -0.4 is 10.9 Å². The fraction of sp³-hybridized carbons (Fsp3) is 0.269. The molecule has 168 valence electrons. The number of hydrogen-bond donors (Lipinski definition) is 2. The lowest BCUT2D eigenvalue weighted by atomic mass is 10.0. The first-order chi connectivity index (χ1) is 15.8. The SMILES string of the molecule is Cc1ccc(-c2cn3nc(C(=O)N[C@H](C)c4ccc(F)cc4)c(C4CC4)c3c(=O)[nH]2)cc1C. The molecule has 0 aliphatic heterocycles. The molecule has 1 fully saturated rings. The Labute approximate surface area is 190 Å². The molecule has 6 nitrogen and oxygen atoms in total. The van der Waals surface area contributed by atoms with Gasteiger partial charge >= 0.3 is 0 Å². The van der Waals surface area contributed by atoms with E-state index in [0.29, 0.717) is 16.8 Å². The van der Waals surface area contributed by atoms with E-state index in [1.165, 1.54) is 22.2 Å². The maximum atomic E-state index is 13.2. The molecule has 0 unspecified atom stereocenters. The Hall–Kier alpha value is -3.74. The van der Waals surface area contributed by atoms with E-state index in [0.717, 1.165) is 29.5 Å². The Morgan fingerprint density at radius 1 is 1.15 bits per heavy atom. The molecule has 0 saturated heterocycles. The van der Waals surface area contributed by atoms with Crippen LogP contribution in [0.4, 0.5) is 4.39 Å². The molecule has 33 heavy (non-hydrogen) atoms. The second-order valence-electron chi connectivity index (χ2n) is 8.87. The van der Waals surface area contributed by atoms with Gasteiger partial charge in [-0.25, -0.2) is 8.91 Å². The minimum absolute atomic E-state index is 0.151. The highest BCUT2D eigenvalue weighted by Crippen LogP contribution is 2.43. The van der Waals surface area contributed by atoms with Crippen molar-refractivity contribution in [3.63, 3.8) is 0 Å². The van der Waals surface area contributed by atoms with Gasteiger partial charge in [0, 0.05) is 5.56 Å². The van der Waals surface area contributed by atoms with Gasteiger partial charge in [0.15, 0.2) is 5.69 Å². The third-order valence-corrected chi connectivity index (χ3v) is 6.40. The van der Waals surface area contributed by atoms with Crippen molar-refractivity contribution in [1.82, 2.24) is 19.9 Å². The van der Waals surface area contributed by atoms with Crippen LogP contribution in [0.1, 0.15) is 64.5 Å². The molecule has 1 amide bonds. The number of fused-ring (bicyclic) bond motifs is 1. The van der Waals surface area contributed by atoms with Gasteiger partial charge in [0.2, 0.25) is 0 Å². The molecule has 2 aromatic carbocycles. The van der Waals surface area contributed by atoms with Crippen LogP contribution in [0, 0.1) is 19.7 Å². The van der Waals surface area contributed by atoms with E-state index in [1.54, 1.807) is 18.3 Å². The molecule has 2 aromatic heterocycles. The molecule has 2 N–H and O–H groups in total. The smallest absolute Gasteiger partial charge is 0.274 e. The van der Waals surface area contributed by atoms with Gasteiger partial charge < -0.3 is 10.3 Å². The van der Waals surface area contributed by atoms with Crippen LogP contribution in [-0.2, 0) is 0 Å². The predicted octanol–water partition coefficient (Wildman–Crippen LogP) is 4.81. The number of aryl methyl sites for hydroxylation is 2. The van der Waals surface area contributed by atoms with Crippen LogP contribution in [0.3, 0.4) is 0 Å². The van der Waals surface area contributed by atoms with Crippen molar-refractivity contribution in [1.29, 1.82) is 0 Å². The Morgan fingerprint density at radius 2 is 1.88 bits per heavy atom. The molecule has 1 atom stereocenters. The van der Waals surface area contributed by atoms with Crippen LogP contribution in [0.15, 0.2) is 53.5 Å². The number of amides is 1. The largest absolute Gasteiger partial charge is 0.344 e. The Balaban J connectivity index is 1.54. The molecule has 1 aliphatic rings. The van der Waals surface area contributed by atoms with Crippen LogP contribution >= 0.6 is 0 Å². The minimum Gasteiger partial charge on any atom is -0.344 e. The van der Waals surface area contributed by atoms with Crippen LogP contribution in [0.2, 0.25) is 0 Å². The van der Waals surface area contributed by atoms with Gasteiger partial charge in [-0.15, -0.1) is 0 Å². The van der Waals surface area contributed by atoms with Gasteiger partial charge in [-0.2, -0.15) is 5.10 Å². The van der Waals surface area contributed by atoms with Gasteiger partial charge in [0.25, 0.3) is 11.5 Å². The highest BCUT2D eigenvalue weighted by Gasteiger charge is 2.34. The summed E-state index contributed by atoms with van der Waals surface area (Å²) in [5.41, 5.74) is 5.75. The van der Waals surface area contributed by atoms with Gasteiger partial charge in [0.05, 0.1) is 17.9 Å². The third-order valence-electron chi connectivity index (χ3n) is 6.40.